The summed E-state index contributed by atoms with van der Waals surface area (Å²) in [7, 11) is 0. The summed E-state index contributed by atoms with van der Waals surface area (Å²) in [5, 5.41) is 13.3. The third kappa shape index (κ3) is 3.56. The third-order valence-electron chi connectivity index (χ3n) is 2.58. The van der Waals surface area contributed by atoms with E-state index in [1.807, 2.05) is 0 Å². The van der Waals surface area contributed by atoms with E-state index in [1.54, 1.807) is 0 Å². The number of halogens is 3. The molecular formula is C13H7BrClFN2O3. The molecule has 0 radical (unpaired) electrons. The highest BCUT2D eigenvalue weighted by atomic mass is 79.9. The third-order valence-corrected chi connectivity index (χ3v) is 3.51. The molecule has 1 N–H and O–H groups in total. The van der Waals surface area contributed by atoms with Crippen LogP contribution in [0.3, 0.4) is 0 Å². The first-order valence-corrected chi connectivity index (χ1v) is 6.76. The number of nitro benzene ring substituents is 1. The van der Waals surface area contributed by atoms with E-state index in [0.717, 1.165) is 12.1 Å². The van der Waals surface area contributed by atoms with E-state index in [-0.39, 0.29) is 22.0 Å². The van der Waals surface area contributed by atoms with Gasteiger partial charge in [0.1, 0.15) is 5.82 Å². The number of anilines is 1. The normalized spacial score (nSPS) is 10.2. The minimum Gasteiger partial charge on any atom is -0.319 e. The fourth-order valence-corrected chi connectivity index (χ4v) is 2.18. The fourth-order valence-electron chi connectivity index (χ4n) is 1.58. The summed E-state index contributed by atoms with van der Waals surface area (Å²) >= 11 is 8.85. The van der Waals surface area contributed by atoms with Crippen molar-refractivity contribution in [3.8, 4) is 0 Å². The van der Waals surface area contributed by atoms with Crippen molar-refractivity contribution < 1.29 is 14.1 Å². The van der Waals surface area contributed by atoms with E-state index in [2.05, 4.69) is 21.2 Å². The Morgan fingerprint density at radius 2 is 2.00 bits per heavy atom. The van der Waals surface area contributed by atoms with Crippen LogP contribution in [0.2, 0.25) is 5.02 Å². The van der Waals surface area contributed by atoms with Crippen molar-refractivity contribution in [3.63, 3.8) is 0 Å². The number of non-ortho nitro benzene ring substituents is 1. The van der Waals surface area contributed by atoms with Gasteiger partial charge in [0.15, 0.2) is 0 Å². The van der Waals surface area contributed by atoms with E-state index in [0.29, 0.717) is 4.47 Å². The number of carbonyl (C=O) groups excluding carboxylic acids is 1. The van der Waals surface area contributed by atoms with Gasteiger partial charge in [0.2, 0.25) is 0 Å². The lowest BCUT2D eigenvalue weighted by Crippen LogP contribution is -2.14. The lowest BCUT2D eigenvalue weighted by atomic mass is 10.2. The number of carbonyl (C=O) groups is 1. The van der Waals surface area contributed by atoms with Gasteiger partial charge >= 0.3 is 0 Å². The van der Waals surface area contributed by atoms with Crippen LogP contribution >= 0.6 is 27.5 Å². The molecular weight excluding hydrogens is 367 g/mol. The first-order chi connectivity index (χ1) is 9.88. The van der Waals surface area contributed by atoms with Gasteiger partial charge in [-0.15, -0.1) is 0 Å². The van der Waals surface area contributed by atoms with E-state index < -0.39 is 16.6 Å². The fraction of sp³-hybridized carbons (Fsp3) is 0. The molecule has 0 saturated carbocycles. The SMILES string of the molecule is O=C(Nc1cc(Cl)ccc1F)c1cc([N+](=O)[O-])ccc1Br. The van der Waals surface area contributed by atoms with Crippen LogP contribution in [0.4, 0.5) is 15.8 Å². The van der Waals surface area contributed by atoms with Gasteiger partial charge in [-0.25, -0.2) is 4.39 Å². The van der Waals surface area contributed by atoms with Crippen LogP contribution in [0.25, 0.3) is 0 Å². The molecule has 0 saturated heterocycles. The van der Waals surface area contributed by atoms with Gasteiger partial charge in [-0.1, -0.05) is 11.6 Å². The smallest absolute Gasteiger partial charge is 0.270 e. The van der Waals surface area contributed by atoms with Crippen LogP contribution in [0, 0.1) is 15.9 Å². The molecule has 5 nitrogen and oxygen atoms in total. The number of nitrogens with zero attached hydrogens (tertiary/aromatic N) is 1. The molecule has 1 amide bonds. The summed E-state index contributed by atoms with van der Waals surface area (Å²) in [5.74, 6) is -1.35. The second kappa shape index (κ2) is 6.19. The molecule has 21 heavy (non-hydrogen) atoms. The first-order valence-electron chi connectivity index (χ1n) is 5.59. The van der Waals surface area contributed by atoms with Gasteiger partial charge in [0.05, 0.1) is 16.2 Å². The Balaban J connectivity index is 2.34. The van der Waals surface area contributed by atoms with Crippen molar-refractivity contribution in [1.82, 2.24) is 0 Å². The van der Waals surface area contributed by atoms with Crippen molar-refractivity contribution in [1.29, 1.82) is 0 Å². The number of amides is 1. The Morgan fingerprint density at radius 3 is 2.67 bits per heavy atom. The molecule has 0 heterocycles. The highest BCUT2D eigenvalue weighted by molar-refractivity contribution is 9.10. The number of hydrogen-bond acceptors (Lipinski definition) is 3. The average Bonchev–Trinajstić information content (AvgIpc) is 2.43. The van der Waals surface area contributed by atoms with Gasteiger partial charge in [-0.3, -0.25) is 14.9 Å². The number of nitrogens with one attached hydrogen (secondary N) is 1. The van der Waals surface area contributed by atoms with Crippen molar-refractivity contribution >= 4 is 44.8 Å². The molecule has 8 heteroatoms. The summed E-state index contributed by atoms with van der Waals surface area (Å²) in [5.41, 5.74) is -0.329. The minimum absolute atomic E-state index is 0.0172. The average molecular weight is 374 g/mol. The molecule has 0 aliphatic heterocycles. The predicted molar refractivity (Wildman–Crippen MR) is 80.2 cm³/mol. The zero-order valence-electron chi connectivity index (χ0n) is 10.3. The zero-order valence-corrected chi connectivity index (χ0v) is 12.6. The molecule has 108 valence electrons. The Labute approximate surface area is 132 Å². The molecule has 0 unspecified atom stereocenters. The standard InChI is InChI=1S/C13H7BrClFN2O3/c14-10-3-2-8(18(20)21)6-9(10)13(19)17-12-5-7(15)1-4-11(12)16/h1-6H,(H,17,19). The van der Waals surface area contributed by atoms with Crippen LogP contribution in [0.1, 0.15) is 10.4 Å². The summed E-state index contributed by atoms with van der Waals surface area (Å²) in [6.45, 7) is 0. The summed E-state index contributed by atoms with van der Waals surface area (Å²) in [6.07, 6.45) is 0. The second-order valence-electron chi connectivity index (χ2n) is 4.00. The Bertz CT molecular complexity index is 739. The molecule has 2 rings (SSSR count). The van der Waals surface area contributed by atoms with Gasteiger partial charge in [-0.05, 0) is 40.2 Å². The molecule has 0 aliphatic rings. The topological polar surface area (TPSA) is 72.2 Å². The van der Waals surface area contributed by atoms with E-state index in [9.17, 15) is 19.3 Å². The molecule has 0 aliphatic carbocycles. The maximum atomic E-state index is 13.6. The Kier molecular flexibility index (Phi) is 4.54. The molecule has 0 bridgehead atoms. The molecule has 0 fully saturated rings. The maximum Gasteiger partial charge on any atom is 0.270 e. The molecule has 2 aromatic carbocycles. The molecule has 0 spiro atoms. The number of hydrogen-bond donors (Lipinski definition) is 1. The molecule has 2 aromatic rings. The van der Waals surface area contributed by atoms with Gasteiger partial charge < -0.3 is 5.32 Å². The quantitative estimate of drug-likeness (QED) is 0.640. The second-order valence-corrected chi connectivity index (χ2v) is 5.29. The van der Waals surface area contributed by atoms with E-state index in [4.69, 9.17) is 11.6 Å². The van der Waals surface area contributed by atoms with Crippen LogP contribution in [0.5, 0.6) is 0 Å². The lowest BCUT2D eigenvalue weighted by molar-refractivity contribution is -0.384. The van der Waals surface area contributed by atoms with Crippen LogP contribution in [-0.4, -0.2) is 10.8 Å². The van der Waals surface area contributed by atoms with E-state index >= 15 is 0 Å². The van der Waals surface area contributed by atoms with Crippen molar-refractivity contribution in [2.75, 3.05) is 5.32 Å². The predicted octanol–water partition coefficient (Wildman–Crippen LogP) is 4.40. The van der Waals surface area contributed by atoms with Crippen LogP contribution in [-0.2, 0) is 0 Å². The minimum atomic E-state index is -0.688. The monoisotopic (exact) mass is 372 g/mol. The van der Waals surface area contributed by atoms with Crippen molar-refractivity contribution in [2.45, 2.75) is 0 Å². The molecule has 0 aromatic heterocycles. The first kappa shape index (κ1) is 15.4. The van der Waals surface area contributed by atoms with Crippen molar-refractivity contribution in [3.05, 3.63) is 67.4 Å². The largest absolute Gasteiger partial charge is 0.319 e. The summed E-state index contributed by atoms with van der Waals surface area (Å²) in [6, 6.07) is 7.43. The van der Waals surface area contributed by atoms with Crippen molar-refractivity contribution in [2.24, 2.45) is 0 Å². The Morgan fingerprint density at radius 1 is 1.29 bits per heavy atom. The number of rotatable bonds is 3. The lowest BCUT2D eigenvalue weighted by Gasteiger charge is -2.08. The maximum absolute atomic E-state index is 13.6. The highest BCUT2D eigenvalue weighted by Crippen LogP contribution is 2.25. The number of benzene rings is 2. The molecule has 0 atom stereocenters. The number of nitro groups is 1. The summed E-state index contributed by atoms with van der Waals surface area (Å²) in [4.78, 5) is 22.2. The Hall–Kier alpha value is -1.99. The van der Waals surface area contributed by atoms with Gasteiger partial charge in [0, 0.05) is 21.6 Å². The highest BCUT2D eigenvalue weighted by Gasteiger charge is 2.17. The van der Waals surface area contributed by atoms with Gasteiger partial charge in [-0.2, -0.15) is 0 Å². The summed E-state index contributed by atoms with van der Waals surface area (Å²) < 4.78 is 13.9. The van der Waals surface area contributed by atoms with Crippen LogP contribution < -0.4 is 5.32 Å². The van der Waals surface area contributed by atoms with Crippen LogP contribution in [0.15, 0.2) is 40.9 Å². The van der Waals surface area contributed by atoms with Gasteiger partial charge in [0.25, 0.3) is 11.6 Å². The zero-order chi connectivity index (χ0) is 15.6. The van der Waals surface area contributed by atoms with E-state index in [1.165, 1.54) is 24.3 Å².